The minimum atomic E-state index is -0.238. The summed E-state index contributed by atoms with van der Waals surface area (Å²) >= 11 is 0. The van der Waals surface area contributed by atoms with Gasteiger partial charge in [0, 0.05) is 19.4 Å². The number of benzene rings is 2. The predicted octanol–water partition coefficient (Wildman–Crippen LogP) is 3.64. The monoisotopic (exact) mass is 435 g/mol. The number of hydrazone groups is 1. The van der Waals surface area contributed by atoms with Gasteiger partial charge in [0.1, 0.15) is 18.0 Å². The van der Waals surface area contributed by atoms with Gasteiger partial charge in [-0.15, -0.1) is 0 Å². The second-order valence-corrected chi connectivity index (χ2v) is 8.33. The molecule has 1 fully saturated rings. The molecule has 0 radical (unpaired) electrons. The van der Waals surface area contributed by atoms with Crippen LogP contribution in [0, 0.1) is 5.92 Å². The first kappa shape index (κ1) is 21.9. The number of ether oxygens (including phenoxy) is 2. The maximum absolute atomic E-state index is 13.3. The summed E-state index contributed by atoms with van der Waals surface area (Å²) < 4.78 is 10.5. The van der Waals surface area contributed by atoms with Crippen molar-refractivity contribution in [1.29, 1.82) is 0 Å². The van der Waals surface area contributed by atoms with E-state index in [1.165, 1.54) is 9.91 Å². The third-order valence-corrected chi connectivity index (χ3v) is 6.29. The van der Waals surface area contributed by atoms with E-state index in [0.29, 0.717) is 6.42 Å². The number of carbonyl (C=O) groups is 2. The summed E-state index contributed by atoms with van der Waals surface area (Å²) in [5, 5.41) is 6.23. The number of hydrogen-bond acceptors (Lipinski definition) is 5. The predicted molar refractivity (Wildman–Crippen MR) is 122 cm³/mol. The van der Waals surface area contributed by atoms with Gasteiger partial charge in [-0.1, -0.05) is 18.6 Å². The average molecular weight is 436 g/mol. The van der Waals surface area contributed by atoms with E-state index in [1.54, 1.807) is 21.3 Å². The lowest BCUT2D eigenvalue weighted by Gasteiger charge is -2.30. The molecule has 0 aromatic heterocycles. The molecule has 2 aliphatic rings. The largest absolute Gasteiger partial charge is 0.497 e. The van der Waals surface area contributed by atoms with Crippen LogP contribution >= 0.6 is 0 Å². The molecule has 1 atom stereocenters. The van der Waals surface area contributed by atoms with Crippen molar-refractivity contribution in [2.24, 2.45) is 11.0 Å². The lowest BCUT2D eigenvalue weighted by molar-refractivity contribution is -0.144. The molecule has 1 aliphatic carbocycles. The average Bonchev–Trinajstić information content (AvgIpc) is 3.23. The minimum absolute atomic E-state index is 0.0153. The van der Waals surface area contributed by atoms with Crippen molar-refractivity contribution in [3.8, 4) is 11.5 Å². The van der Waals surface area contributed by atoms with E-state index in [4.69, 9.17) is 14.6 Å². The molecule has 2 amide bonds. The highest BCUT2D eigenvalue weighted by Gasteiger charge is 2.35. The Hall–Kier alpha value is -3.35. The van der Waals surface area contributed by atoms with Crippen LogP contribution < -0.4 is 9.47 Å². The fraction of sp³-hybridized carbons (Fsp3) is 0.400. The molecule has 0 unspecified atom stereocenters. The van der Waals surface area contributed by atoms with Crippen molar-refractivity contribution in [1.82, 2.24) is 9.91 Å². The van der Waals surface area contributed by atoms with Crippen molar-refractivity contribution in [2.45, 2.75) is 31.7 Å². The first-order chi connectivity index (χ1) is 15.5. The van der Waals surface area contributed by atoms with Crippen molar-refractivity contribution < 1.29 is 19.1 Å². The Balaban J connectivity index is 1.57. The molecule has 0 N–H and O–H groups in total. The molecule has 0 spiro atoms. The highest BCUT2D eigenvalue weighted by atomic mass is 16.5. The summed E-state index contributed by atoms with van der Waals surface area (Å²) in [6.07, 6.45) is 3.49. The van der Waals surface area contributed by atoms with E-state index in [0.717, 1.165) is 47.6 Å². The van der Waals surface area contributed by atoms with Crippen molar-refractivity contribution in [3.05, 3.63) is 59.7 Å². The van der Waals surface area contributed by atoms with Crippen LogP contribution in [0.5, 0.6) is 11.5 Å². The van der Waals surface area contributed by atoms with E-state index < -0.39 is 0 Å². The molecule has 2 aromatic carbocycles. The van der Waals surface area contributed by atoms with E-state index in [9.17, 15) is 9.59 Å². The maximum atomic E-state index is 13.3. The molecule has 2 aromatic rings. The third kappa shape index (κ3) is 4.47. The summed E-state index contributed by atoms with van der Waals surface area (Å²) in [6.45, 7) is 0.0153. The molecular formula is C25H29N3O4. The molecule has 1 saturated carbocycles. The Morgan fingerprint density at radius 3 is 2.12 bits per heavy atom. The molecule has 1 heterocycles. The first-order valence-electron chi connectivity index (χ1n) is 10.9. The van der Waals surface area contributed by atoms with Gasteiger partial charge in [0.05, 0.1) is 26.0 Å². The highest BCUT2D eigenvalue weighted by Crippen LogP contribution is 2.34. The van der Waals surface area contributed by atoms with E-state index >= 15 is 0 Å². The first-order valence-corrected chi connectivity index (χ1v) is 10.9. The van der Waals surface area contributed by atoms with E-state index in [1.807, 2.05) is 48.5 Å². The lowest BCUT2D eigenvalue weighted by Crippen LogP contribution is -2.42. The normalized spacial score (nSPS) is 18.0. The molecule has 7 heteroatoms. The van der Waals surface area contributed by atoms with Gasteiger partial charge in [-0.05, 0) is 60.4 Å². The Kier molecular flexibility index (Phi) is 6.44. The topological polar surface area (TPSA) is 71.4 Å². The van der Waals surface area contributed by atoms with Crippen molar-refractivity contribution >= 4 is 17.5 Å². The van der Waals surface area contributed by atoms with Gasteiger partial charge in [0.15, 0.2) is 0 Å². The summed E-state index contributed by atoms with van der Waals surface area (Å²) in [4.78, 5) is 27.3. The standard InChI is InChI=1S/C25H29N3O4/c1-27(25(30)19-5-4-6-19)16-24(29)28-23(18-9-13-21(32-3)14-10-18)15-22(26-28)17-7-11-20(31-2)12-8-17/h7-14,19,23H,4-6,15-16H2,1-3H3/t23-/m1/s1. The minimum Gasteiger partial charge on any atom is -0.497 e. The zero-order chi connectivity index (χ0) is 22.7. The molecule has 0 saturated heterocycles. The van der Waals surface area contributed by atoms with Gasteiger partial charge in [-0.3, -0.25) is 9.59 Å². The van der Waals surface area contributed by atoms with Crippen LogP contribution in [0.2, 0.25) is 0 Å². The maximum Gasteiger partial charge on any atom is 0.262 e. The number of hydrogen-bond donors (Lipinski definition) is 0. The van der Waals surface area contributed by atoms with Crippen LogP contribution in [0.15, 0.2) is 53.6 Å². The molecule has 0 bridgehead atoms. The third-order valence-electron chi connectivity index (χ3n) is 6.29. The molecule has 32 heavy (non-hydrogen) atoms. The summed E-state index contributed by atoms with van der Waals surface area (Å²) in [5.74, 6) is 1.44. The molecule has 4 rings (SSSR count). The molecule has 168 valence electrons. The number of rotatable bonds is 7. The second-order valence-electron chi connectivity index (χ2n) is 8.33. The second kappa shape index (κ2) is 9.42. The van der Waals surface area contributed by atoms with E-state index in [-0.39, 0.29) is 30.3 Å². The van der Waals surface area contributed by atoms with E-state index in [2.05, 4.69) is 0 Å². The molecule has 7 nitrogen and oxygen atoms in total. The SMILES string of the molecule is COc1ccc(C2=NN(C(=O)CN(C)C(=O)C3CCC3)[C@@H](c3ccc(OC)cc3)C2)cc1. The van der Waals surface area contributed by atoms with Crippen LogP contribution in [-0.4, -0.2) is 55.2 Å². The van der Waals surface area contributed by atoms with Gasteiger partial charge >= 0.3 is 0 Å². The van der Waals surface area contributed by atoms with Gasteiger partial charge in [-0.25, -0.2) is 5.01 Å². The zero-order valence-corrected chi connectivity index (χ0v) is 18.8. The number of likely N-dealkylation sites (N-methyl/N-ethyl adjacent to an activating group) is 1. The molecular weight excluding hydrogens is 406 g/mol. The van der Waals surface area contributed by atoms with Crippen LogP contribution in [0.25, 0.3) is 0 Å². The Morgan fingerprint density at radius 2 is 1.59 bits per heavy atom. The Bertz CT molecular complexity index is 997. The van der Waals surface area contributed by atoms with Gasteiger partial charge in [-0.2, -0.15) is 5.10 Å². The van der Waals surface area contributed by atoms with Crippen LogP contribution in [0.3, 0.4) is 0 Å². The number of carbonyl (C=O) groups excluding carboxylic acids is 2. The summed E-state index contributed by atoms with van der Waals surface area (Å²) in [5.41, 5.74) is 2.74. The van der Waals surface area contributed by atoms with Crippen molar-refractivity contribution in [3.63, 3.8) is 0 Å². The van der Waals surface area contributed by atoms with Gasteiger partial charge in [0.25, 0.3) is 5.91 Å². The zero-order valence-electron chi connectivity index (χ0n) is 18.8. The fourth-order valence-corrected chi connectivity index (χ4v) is 4.10. The van der Waals surface area contributed by atoms with Gasteiger partial charge in [0.2, 0.25) is 5.91 Å². The number of nitrogens with zero attached hydrogens (tertiary/aromatic N) is 3. The van der Waals surface area contributed by atoms with Crippen LogP contribution in [0.4, 0.5) is 0 Å². The smallest absolute Gasteiger partial charge is 0.262 e. The quantitative estimate of drug-likeness (QED) is 0.666. The van der Waals surface area contributed by atoms with Crippen molar-refractivity contribution in [2.75, 3.05) is 27.8 Å². The Morgan fingerprint density at radius 1 is 1.00 bits per heavy atom. The van der Waals surface area contributed by atoms with Crippen LogP contribution in [-0.2, 0) is 9.59 Å². The fourth-order valence-electron chi connectivity index (χ4n) is 4.10. The van der Waals surface area contributed by atoms with Crippen LogP contribution in [0.1, 0.15) is 42.9 Å². The number of amides is 2. The number of methoxy groups -OCH3 is 2. The van der Waals surface area contributed by atoms with Gasteiger partial charge < -0.3 is 14.4 Å². The Labute approximate surface area is 188 Å². The lowest BCUT2D eigenvalue weighted by atomic mass is 9.84. The summed E-state index contributed by atoms with van der Waals surface area (Å²) in [7, 11) is 4.95. The highest BCUT2D eigenvalue weighted by molar-refractivity contribution is 6.03. The summed E-state index contributed by atoms with van der Waals surface area (Å²) in [6, 6.07) is 15.1. The molecule has 1 aliphatic heterocycles.